The number of aromatic nitrogens is 1. The molecule has 0 spiro atoms. The Labute approximate surface area is 92.7 Å². The molecule has 0 saturated heterocycles. The van der Waals surface area contributed by atoms with E-state index >= 15 is 0 Å². The summed E-state index contributed by atoms with van der Waals surface area (Å²) in [4.78, 5) is 15.3. The van der Waals surface area contributed by atoms with Crippen molar-refractivity contribution in [3.05, 3.63) is 24.0 Å². The maximum atomic E-state index is 10.6. The molecule has 5 heteroatoms. The number of carboxylic acid groups (broad SMARTS) is 1. The Morgan fingerprint density at radius 3 is 3.13 bits per heavy atom. The molecule has 4 nitrogen and oxygen atoms in total. The molecule has 0 saturated carbocycles. The van der Waals surface area contributed by atoms with Gasteiger partial charge in [-0.1, -0.05) is 0 Å². The van der Waals surface area contributed by atoms with Crippen LogP contribution in [-0.4, -0.2) is 35.5 Å². The number of thioether (sulfide) groups is 1. The lowest BCUT2D eigenvalue weighted by atomic mass is 10.3. The first kappa shape index (κ1) is 12.0. The van der Waals surface area contributed by atoms with Crippen LogP contribution in [0.2, 0.25) is 0 Å². The average molecular weight is 227 g/mol. The molecule has 0 bridgehead atoms. The second-order valence-corrected chi connectivity index (χ2v) is 4.05. The van der Waals surface area contributed by atoms with Crippen molar-refractivity contribution in [3.8, 4) is 0 Å². The number of hydrogen-bond donors (Lipinski definition) is 1. The van der Waals surface area contributed by atoms with Crippen molar-refractivity contribution in [2.75, 3.05) is 19.5 Å². The fourth-order valence-electron chi connectivity index (χ4n) is 1.01. The fraction of sp³-hybridized carbons (Fsp3) is 0.400. The molecule has 0 fully saturated rings. The van der Waals surface area contributed by atoms with Gasteiger partial charge in [0.05, 0.1) is 0 Å². The van der Waals surface area contributed by atoms with E-state index in [0.29, 0.717) is 0 Å². The molecule has 1 heterocycles. The van der Waals surface area contributed by atoms with Gasteiger partial charge in [-0.25, -0.2) is 9.78 Å². The minimum atomic E-state index is -0.991. The predicted octanol–water partition coefficient (Wildman–Crippen LogP) is 1.91. The molecule has 82 valence electrons. The van der Waals surface area contributed by atoms with Gasteiger partial charge in [-0.3, -0.25) is 0 Å². The van der Waals surface area contributed by atoms with Crippen LogP contribution >= 0.6 is 11.8 Å². The third kappa shape index (κ3) is 4.31. The first-order valence-corrected chi connectivity index (χ1v) is 5.53. The Morgan fingerprint density at radius 1 is 1.67 bits per heavy atom. The number of ether oxygens (including phenoxy) is 1. The third-order valence-electron chi connectivity index (χ3n) is 1.71. The van der Waals surface area contributed by atoms with Crippen LogP contribution in [-0.2, 0) is 4.74 Å². The zero-order chi connectivity index (χ0) is 11.1. The molecule has 1 N–H and O–H groups in total. The second-order valence-electron chi connectivity index (χ2n) is 2.88. The normalized spacial score (nSPS) is 10.2. The molecule has 0 amide bonds. The van der Waals surface area contributed by atoms with Crippen molar-refractivity contribution in [3.63, 3.8) is 0 Å². The average Bonchev–Trinajstić information content (AvgIpc) is 2.25. The fourth-order valence-corrected chi connectivity index (χ4v) is 1.86. The van der Waals surface area contributed by atoms with E-state index in [4.69, 9.17) is 9.84 Å². The Kier molecular flexibility index (Phi) is 5.14. The summed E-state index contributed by atoms with van der Waals surface area (Å²) >= 11 is 1.61. The van der Waals surface area contributed by atoms with Gasteiger partial charge in [-0.05, 0) is 18.6 Å². The molecule has 1 aromatic rings. The lowest BCUT2D eigenvalue weighted by molar-refractivity contribution is 0.0690. The number of carbonyl (C=O) groups is 1. The van der Waals surface area contributed by atoms with Crippen LogP contribution in [0.25, 0.3) is 0 Å². The molecular formula is C10H13NO3S. The molecule has 0 aliphatic rings. The molecular weight excluding hydrogens is 214 g/mol. The molecule has 0 unspecified atom stereocenters. The monoisotopic (exact) mass is 227 g/mol. The predicted molar refractivity (Wildman–Crippen MR) is 58.4 cm³/mol. The smallest absolute Gasteiger partial charge is 0.354 e. The summed E-state index contributed by atoms with van der Waals surface area (Å²) in [6, 6.07) is 3.39. The van der Waals surface area contributed by atoms with Crippen molar-refractivity contribution in [2.24, 2.45) is 0 Å². The van der Waals surface area contributed by atoms with E-state index in [9.17, 15) is 4.79 Å². The number of rotatable bonds is 6. The van der Waals surface area contributed by atoms with Crippen LogP contribution in [0.3, 0.4) is 0 Å². The van der Waals surface area contributed by atoms with Crippen molar-refractivity contribution in [2.45, 2.75) is 11.3 Å². The second kappa shape index (κ2) is 6.42. The lowest BCUT2D eigenvalue weighted by Crippen LogP contribution is -1.99. The van der Waals surface area contributed by atoms with E-state index < -0.39 is 5.97 Å². The maximum absolute atomic E-state index is 10.6. The summed E-state index contributed by atoms with van der Waals surface area (Å²) < 4.78 is 4.92. The minimum Gasteiger partial charge on any atom is -0.477 e. The Morgan fingerprint density at radius 2 is 2.47 bits per heavy atom. The van der Waals surface area contributed by atoms with Crippen LogP contribution in [0.4, 0.5) is 0 Å². The molecule has 0 aromatic carbocycles. The SMILES string of the molecule is COCCCSc1ccnc(C(=O)O)c1. The molecule has 1 aromatic heterocycles. The topological polar surface area (TPSA) is 59.4 Å². The van der Waals surface area contributed by atoms with Gasteiger partial charge >= 0.3 is 5.97 Å². The number of pyridine rings is 1. The number of methoxy groups -OCH3 is 1. The van der Waals surface area contributed by atoms with Gasteiger partial charge in [-0.15, -0.1) is 11.8 Å². The first-order chi connectivity index (χ1) is 7.24. The van der Waals surface area contributed by atoms with Gasteiger partial charge in [-0.2, -0.15) is 0 Å². The molecule has 0 atom stereocenters. The van der Waals surface area contributed by atoms with Crippen molar-refractivity contribution in [1.82, 2.24) is 4.98 Å². The zero-order valence-electron chi connectivity index (χ0n) is 8.47. The van der Waals surface area contributed by atoms with Gasteiger partial charge in [0.15, 0.2) is 0 Å². The van der Waals surface area contributed by atoms with E-state index in [0.717, 1.165) is 23.7 Å². The summed E-state index contributed by atoms with van der Waals surface area (Å²) in [5.41, 5.74) is 0.0896. The van der Waals surface area contributed by atoms with Gasteiger partial charge in [0.1, 0.15) is 5.69 Å². The summed E-state index contributed by atoms with van der Waals surface area (Å²) in [6.07, 6.45) is 2.47. The van der Waals surface area contributed by atoms with Crippen LogP contribution in [0, 0.1) is 0 Å². The number of hydrogen-bond acceptors (Lipinski definition) is 4. The van der Waals surface area contributed by atoms with Crippen LogP contribution in [0.15, 0.2) is 23.2 Å². The summed E-state index contributed by atoms with van der Waals surface area (Å²) in [7, 11) is 1.67. The highest BCUT2D eigenvalue weighted by Gasteiger charge is 2.04. The Hall–Kier alpha value is -1.07. The Balaban J connectivity index is 2.47. The van der Waals surface area contributed by atoms with E-state index in [-0.39, 0.29) is 5.69 Å². The standard InChI is InChI=1S/C10H13NO3S/c1-14-5-2-6-15-8-3-4-11-9(7-8)10(12)13/h3-4,7H,2,5-6H2,1H3,(H,12,13). The minimum absolute atomic E-state index is 0.0896. The van der Waals surface area contributed by atoms with E-state index in [1.54, 1.807) is 24.9 Å². The highest BCUT2D eigenvalue weighted by Crippen LogP contribution is 2.18. The summed E-state index contributed by atoms with van der Waals surface area (Å²) in [6.45, 7) is 0.726. The molecule has 1 rings (SSSR count). The van der Waals surface area contributed by atoms with Crippen molar-refractivity contribution >= 4 is 17.7 Å². The molecule has 0 aliphatic carbocycles. The van der Waals surface area contributed by atoms with Crippen LogP contribution < -0.4 is 0 Å². The molecule has 15 heavy (non-hydrogen) atoms. The summed E-state index contributed by atoms with van der Waals surface area (Å²) in [5, 5.41) is 8.73. The number of nitrogens with zero attached hydrogens (tertiary/aromatic N) is 1. The summed E-state index contributed by atoms with van der Waals surface area (Å²) in [5.74, 6) is -0.0777. The zero-order valence-corrected chi connectivity index (χ0v) is 9.29. The van der Waals surface area contributed by atoms with Gasteiger partial charge in [0.2, 0.25) is 0 Å². The maximum Gasteiger partial charge on any atom is 0.354 e. The first-order valence-electron chi connectivity index (χ1n) is 4.55. The van der Waals surface area contributed by atoms with Gasteiger partial charge in [0.25, 0.3) is 0 Å². The number of carboxylic acids is 1. The van der Waals surface area contributed by atoms with Crippen molar-refractivity contribution < 1.29 is 14.6 Å². The third-order valence-corrected chi connectivity index (χ3v) is 2.79. The quantitative estimate of drug-likeness (QED) is 0.594. The van der Waals surface area contributed by atoms with E-state index in [1.807, 2.05) is 6.07 Å². The van der Waals surface area contributed by atoms with Crippen LogP contribution in [0.1, 0.15) is 16.9 Å². The Bertz CT molecular complexity index is 330. The number of aromatic carboxylic acids is 1. The van der Waals surface area contributed by atoms with Gasteiger partial charge in [0, 0.05) is 30.6 Å². The lowest BCUT2D eigenvalue weighted by Gasteiger charge is -2.01. The van der Waals surface area contributed by atoms with Crippen molar-refractivity contribution in [1.29, 1.82) is 0 Å². The largest absolute Gasteiger partial charge is 0.477 e. The van der Waals surface area contributed by atoms with Crippen LogP contribution in [0.5, 0.6) is 0 Å². The van der Waals surface area contributed by atoms with E-state index in [1.165, 1.54) is 6.20 Å². The highest BCUT2D eigenvalue weighted by molar-refractivity contribution is 7.99. The molecule has 0 aliphatic heterocycles. The van der Waals surface area contributed by atoms with E-state index in [2.05, 4.69) is 4.98 Å². The van der Waals surface area contributed by atoms with Gasteiger partial charge < -0.3 is 9.84 Å². The highest BCUT2D eigenvalue weighted by atomic mass is 32.2. The molecule has 0 radical (unpaired) electrons.